The monoisotopic (exact) mass is 352 g/mol. The maximum atomic E-state index is 11.8. The molecule has 0 radical (unpaired) electrons. The van der Waals surface area contributed by atoms with Crippen molar-refractivity contribution in [2.75, 3.05) is 20.3 Å². The second-order valence-corrected chi connectivity index (χ2v) is 5.74. The molecular weight excluding hydrogens is 338 g/mol. The number of pyridine rings is 1. The van der Waals surface area contributed by atoms with E-state index in [-0.39, 0.29) is 17.1 Å². The van der Waals surface area contributed by atoms with Crippen molar-refractivity contribution >= 4 is 16.9 Å². The molecule has 0 atom stereocenters. The van der Waals surface area contributed by atoms with Crippen LogP contribution in [0.15, 0.2) is 36.4 Å². The third kappa shape index (κ3) is 2.63. The van der Waals surface area contributed by atoms with Gasteiger partial charge in [0.05, 0.1) is 23.9 Å². The van der Waals surface area contributed by atoms with Crippen LogP contribution in [0, 0.1) is 0 Å². The fraction of sp³-hybridized carbons (Fsp3) is 0.158. The van der Waals surface area contributed by atoms with Crippen molar-refractivity contribution in [1.29, 1.82) is 0 Å². The number of ether oxygens (including phenoxy) is 3. The summed E-state index contributed by atoms with van der Waals surface area (Å²) in [6.07, 6.45) is 0. The summed E-state index contributed by atoms with van der Waals surface area (Å²) in [5.41, 5.74) is 1.56. The van der Waals surface area contributed by atoms with Crippen molar-refractivity contribution < 1.29 is 29.2 Å². The zero-order valence-electron chi connectivity index (χ0n) is 13.8. The van der Waals surface area contributed by atoms with E-state index in [2.05, 4.69) is 4.98 Å². The fourth-order valence-electron chi connectivity index (χ4n) is 2.91. The van der Waals surface area contributed by atoms with Crippen LogP contribution in [-0.2, 0) is 0 Å². The minimum Gasteiger partial charge on any atom is -0.870 e. The smallest absolute Gasteiger partial charge is 0.336 e. The van der Waals surface area contributed by atoms with Crippen molar-refractivity contribution in [2.24, 2.45) is 0 Å². The number of fused-ring (bicyclic) bond motifs is 2. The fourth-order valence-corrected chi connectivity index (χ4v) is 2.91. The molecule has 3 aromatic rings. The molecule has 0 bridgehead atoms. The van der Waals surface area contributed by atoms with E-state index in [0.29, 0.717) is 46.9 Å². The first-order valence-corrected chi connectivity index (χ1v) is 7.90. The number of rotatable bonds is 3. The summed E-state index contributed by atoms with van der Waals surface area (Å²) >= 11 is 0. The van der Waals surface area contributed by atoms with Gasteiger partial charge in [0.2, 0.25) is 0 Å². The number of methoxy groups -OCH3 is 1. The number of benzene rings is 2. The van der Waals surface area contributed by atoms with Crippen LogP contribution in [0.3, 0.4) is 0 Å². The Labute approximate surface area is 148 Å². The van der Waals surface area contributed by atoms with E-state index in [1.165, 1.54) is 19.2 Å². The summed E-state index contributed by atoms with van der Waals surface area (Å²) in [7, 11) is 1.40. The van der Waals surface area contributed by atoms with Crippen LogP contribution in [0.5, 0.6) is 23.0 Å². The minimum absolute atomic E-state index is 0.0899. The van der Waals surface area contributed by atoms with E-state index in [4.69, 9.17) is 14.2 Å². The first-order valence-electron chi connectivity index (χ1n) is 7.90. The molecule has 1 aromatic heterocycles. The Morgan fingerprint density at radius 2 is 1.88 bits per heavy atom. The maximum Gasteiger partial charge on any atom is 0.336 e. The van der Waals surface area contributed by atoms with Gasteiger partial charge in [-0.3, -0.25) is 0 Å². The zero-order chi connectivity index (χ0) is 18.3. The van der Waals surface area contributed by atoms with Crippen LogP contribution in [0.2, 0.25) is 0 Å². The summed E-state index contributed by atoms with van der Waals surface area (Å²) in [4.78, 5) is 16.3. The van der Waals surface area contributed by atoms with Gasteiger partial charge in [-0.15, -0.1) is 0 Å². The molecule has 0 saturated heterocycles. The number of hydrogen-bond acceptors (Lipinski definition) is 6. The van der Waals surface area contributed by atoms with Crippen LogP contribution in [0.25, 0.3) is 22.2 Å². The van der Waals surface area contributed by atoms with Gasteiger partial charge in [0.1, 0.15) is 19.0 Å². The molecule has 132 valence electrons. The lowest BCUT2D eigenvalue weighted by Crippen LogP contribution is -2.15. The van der Waals surface area contributed by atoms with Crippen molar-refractivity contribution in [3.8, 4) is 34.3 Å². The van der Waals surface area contributed by atoms with Crippen LogP contribution in [0.1, 0.15) is 10.4 Å². The summed E-state index contributed by atoms with van der Waals surface area (Å²) in [6, 6.07) is 9.26. The number of hydrogen-bond donors (Lipinski definition) is 1. The Bertz CT molecular complexity index is 1030. The summed E-state index contributed by atoms with van der Waals surface area (Å²) in [5.74, 6) is -0.142. The molecule has 1 aliphatic rings. The zero-order valence-corrected chi connectivity index (χ0v) is 13.8. The van der Waals surface area contributed by atoms with E-state index in [0.717, 1.165) is 0 Å². The molecule has 7 nitrogen and oxygen atoms in total. The predicted molar refractivity (Wildman–Crippen MR) is 91.1 cm³/mol. The van der Waals surface area contributed by atoms with Gasteiger partial charge >= 0.3 is 5.97 Å². The van der Waals surface area contributed by atoms with Crippen molar-refractivity contribution in [2.45, 2.75) is 0 Å². The number of carboxylic acid groups (broad SMARTS) is 1. The summed E-state index contributed by atoms with van der Waals surface area (Å²) in [6.45, 7) is 0.833. The Morgan fingerprint density at radius 3 is 2.58 bits per heavy atom. The molecule has 26 heavy (non-hydrogen) atoms. The molecule has 0 aliphatic carbocycles. The maximum absolute atomic E-state index is 11.8. The van der Waals surface area contributed by atoms with E-state index < -0.39 is 5.97 Å². The molecule has 7 heteroatoms. The standard InChI is InChI=1S/C19H15NO6/c1-24-16-6-10(2-3-15(16)21)13-7-12(19(22)23)11-8-17-18(9-14(11)20-13)26-5-4-25-17/h2-3,6-9,21H,4-5H2,1H3,(H,22,23)/p-1. The average Bonchev–Trinajstić information content (AvgIpc) is 2.65. The molecule has 0 saturated carbocycles. The molecule has 0 fully saturated rings. The van der Waals surface area contributed by atoms with E-state index >= 15 is 0 Å². The molecule has 0 amide bonds. The van der Waals surface area contributed by atoms with Gasteiger partial charge in [-0.25, -0.2) is 9.78 Å². The number of aromatic carboxylic acids is 1. The molecular formula is C19H14NO6-. The van der Waals surface area contributed by atoms with Gasteiger partial charge in [-0.05, 0) is 18.2 Å². The quantitative estimate of drug-likeness (QED) is 0.772. The largest absolute Gasteiger partial charge is 0.870 e. The SMILES string of the molecule is COc1cc(-c2cc(C(=O)O)c3cc4c(cc3n2)OCCO4)ccc1[O-]. The van der Waals surface area contributed by atoms with E-state index in [1.54, 1.807) is 24.3 Å². The van der Waals surface area contributed by atoms with E-state index in [1.807, 2.05) is 0 Å². The lowest BCUT2D eigenvalue weighted by atomic mass is 10.0. The number of aromatic nitrogens is 1. The van der Waals surface area contributed by atoms with Crippen LogP contribution < -0.4 is 19.3 Å². The number of carboxylic acids is 1. The highest BCUT2D eigenvalue weighted by atomic mass is 16.6. The molecule has 4 rings (SSSR count). The van der Waals surface area contributed by atoms with Crippen molar-refractivity contribution in [1.82, 2.24) is 4.98 Å². The molecule has 1 N–H and O–H groups in total. The lowest BCUT2D eigenvalue weighted by molar-refractivity contribution is -0.270. The van der Waals surface area contributed by atoms with E-state index in [9.17, 15) is 15.0 Å². The second-order valence-electron chi connectivity index (χ2n) is 5.74. The molecule has 1 aliphatic heterocycles. The second kappa shape index (κ2) is 6.11. The molecule has 2 heterocycles. The minimum atomic E-state index is -1.08. The highest BCUT2D eigenvalue weighted by Crippen LogP contribution is 2.37. The van der Waals surface area contributed by atoms with Crippen molar-refractivity contribution in [3.63, 3.8) is 0 Å². The first-order chi connectivity index (χ1) is 12.6. The van der Waals surface area contributed by atoms with Crippen LogP contribution in [0.4, 0.5) is 0 Å². The summed E-state index contributed by atoms with van der Waals surface area (Å²) in [5, 5.41) is 21.8. The average molecular weight is 352 g/mol. The molecule has 0 spiro atoms. The van der Waals surface area contributed by atoms with Gasteiger partial charge in [-0.2, -0.15) is 0 Å². The Morgan fingerprint density at radius 1 is 1.15 bits per heavy atom. The molecule has 0 unspecified atom stereocenters. The highest BCUT2D eigenvalue weighted by molar-refractivity contribution is 6.04. The molecule has 2 aromatic carbocycles. The summed E-state index contributed by atoms with van der Waals surface area (Å²) < 4.78 is 16.1. The first kappa shape index (κ1) is 16.0. The Kier molecular flexibility index (Phi) is 3.76. The third-order valence-corrected chi connectivity index (χ3v) is 4.16. The Balaban J connectivity index is 1.95. The van der Waals surface area contributed by atoms with Gasteiger partial charge < -0.3 is 24.4 Å². The van der Waals surface area contributed by atoms with Gasteiger partial charge in [0.15, 0.2) is 11.5 Å². The normalized spacial score (nSPS) is 12.8. The highest BCUT2D eigenvalue weighted by Gasteiger charge is 2.19. The predicted octanol–water partition coefficient (Wildman–Crippen LogP) is 2.45. The lowest BCUT2D eigenvalue weighted by Gasteiger charge is -2.19. The third-order valence-electron chi connectivity index (χ3n) is 4.16. The number of nitrogens with zero attached hydrogens (tertiary/aromatic N) is 1. The van der Waals surface area contributed by atoms with Gasteiger partial charge in [-0.1, -0.05) is 17.9 Å². The Hall–Kier alpha value is -3.48. The number of carbonyl (C=O) groups is 1. The van der Waals surface area contributed by atoms with Crippen LogP contribution >= 0.6 is 0 Å². The van der Waals surface area contributed by atoms with Crippen LogP contribution in [-0.4, -0.2) is 36.4 Å². The topological polar surface area (TPSA) is 101 Å². The van der Waals surface area contributed by atoms with Gasteiger partial charge in [0, 0.05) is 17.0 Å². The van der Waals surface area contributed by atoms with Gasteiger partial charge in [0.25, 0.3) is 0 Å². The van der Waals surface area contributed by atoms with Crippen molar-refractivity contribution in [3.05, 3.63) is 42.0 Å².